The van der Waals surface area contributed by atoms with Crippen LogP contribution in [0, 0.1) is 5.92 Å². The van der Waals surface area contributed by atoms with Gasteiger partial charge in [0.25, 0.3) is 5.56 Å². The Hall–Kier alpha value is -1.78. The number of hydrogen-bond acceptors (Lipinski definition) is 3. The zero-order valence-corrected chi connectivity index (χ0v) is 13.9. The lowest BCUT2D eigenvalue weighted by Gasteiger charge is -2.36. The molecule has 1 aromatic heterocycles. The third-order valence-corrected chi connectivity index (χ3v) is 4.93. The van der Waals surface area contributed by atoms with Crippen LogP contribution >= 0.6 is 11.6 Å². The lowest BCUT2D eigenvalue weighted by atomic mass is 9.87. The van der Waals surface area contributed by atoms with Gasteiger partial charge in [-0.2, -0.15) is 0 Å². The van der Waals surface area contributed by atoms with Gasteiger partial charge in [0.05, 0.1) is 6.10 Å². The van der Waals surface area contributed by atoms with E-state index in [4.69, 9.17) is 11.6 Å². The van der Waals surface area contributed by atoms with Gasteiger partial charge in [-0.1, -0.05) is 29.8 Å². The molecule has 2 heterocycles. The van der Waals surface area contributed by atoms with E-state index < -0.39 is 6.10 Å². The topological polar surface area (TPSA) is 45.5 Å². The lowest BCUT2D eigenvalue weighted by Crippen LogP contribution is -2.38. The van der Waals surface area contributed by atoms with Crippen LogP contribution in [0.3, 0.4) is 0 Å². The summed E-state index contributed by atoms with van der Waals surface area (Å²) in [6.45, 7) is 1.68. The summed E-state index contributed by atoms with van der Waals surface area (Å²) >= 11 is 5.90. The van der Waals surface area contributed by atoms with Crippen LogP contribution in [-0.4, -0.2) is 22.8 Å². The number of nitrogens with zero attached hydrogens (tertiary/aromatic N) is 2. The largest absolute Gasteiger partial charge is 0.388 e. The van der Waals surface area contributed by atoms with Crippen molar-refractivity contribution in [2.24, 2.45) is 13.0 Å². The molecule has 23 heavy (non-hydrogen) atoms. The number of halogens is 1. The zero-order valence-electron chi connectivity index (χ0n) is 13.2. The minimum Gasteiger partial charge on any atom is -0.388 e. The van der Waals surface area contributed by atoms with Gasteiger partial charge in [0.1, 0.15) is 5.82 Å². The summed E-state index contributed by atoms with van der Waals surface area (Å²) in [5.41, 5.74) is 0.922. The van der Waals surface area contributed by atoms with Crippen molar-refractivity contribution < 1.29 is 5.11 Å². The maximum Gasteiger partial charge on any atom is 0.251 e. The van der Waals surface area contributed by atoms with Gasteiger partial charge in [0.15, 0.2) is 0 Å². The van der Waals surface area contributed by atoms with Crippen LogP contribution in [-0.2, 0) is 7.05 Å². The summed E-state index contributed by atoms with van der Waals surface area (Å²) in [4.78, 5) is 14.0. The average Bonchev–Trinajstić information content (AvgIpc) is 2.58. The summed E-state index contributed by atoms with van der Waals surface area (Å²) in [6, 6.07) is 12.7. The minimum absolute atomic E-state index is 0.00539. The number of piperidine rings is 1. The predicted molar refractivity (Wildman–Crippen MR) is 93.0 cm³/mol. The fourth-order valence-corrected chi connectivity index (χ4v) is 3.37. The highest BCUT2D eigenvalue weighted by Gasteiger charge is 2.27. The summed E-state index contributed by atoms with van der Waals surface area (Å²) in [5, 5.41) is 11.3. The van der Waals surface area contributed by atoms with Crippen molar-refractivity contribution in [2.45, 2.75) is 18.9 Å². The molecule has 2 aromatic rings. The Balaban J connectivity index is 1.67. The molecule has 0 aliphatic carbocycles. The van der Waals surface area contributed by atoms with Gasteiger partial charge in [-0.15, -0.1) is 0 Å². The van der Waals surface area contributed by atoms with Crippen molar-refractivity contribution in [1.29, 1.82) is 0 Å². The molecule has 1 aromatic carbocycles. The first-order valence-corrected chi connectivity index (χ1v) is 8.28. The number of anilines is 1. The summed E-state index contributed by atoms with van der Waals surface area (Å²) in [7, 11) is 1.80. The van der Waals surface area contributed by atoms with Crippen LogP contribution in [0.25, 0.3) is 0 Å². The zero-order chi connectivity index (χ0) is 16.4. The highest BCUT2D eigenvalue weighted by molar-refractivity contribution is 6.30. The minimum atomic E-state index is -0.464. The molecule has 3 rings (SSSR count). The summed E-state index contributed by atoms with van der Waals surface area (Å²) in [5.74, 6) is 1.17. The first-order chi connectivity index (χ1) is 11.1. The first kappa shape index (κ1) is 16.1. The molecule has 0 bridgehead atoms. The van der Waals surface area contributed by atoms with Crippen molar-refractivity contribution in [3.8, 4) is 0 Å². The third-order valence-electron chi connectivity index (χ3n) is 4.68. The quantitative estimate of drug-likeness (QED) is 0.939. The fourth-order valence-electron chi connectivity index (χ4n) is 3.25. The Morgan fingerprint density at radius 3 is 2.43 bits per heavy atom. The number of aromatic nitrogens is 1. The van der Waals surface area contributed by atoms with E-state index in [0.717, 1.165) is 37.3 Å². The monoisotopic (exact) mass is 332 g/mol. The molecule has 1 atom stereocenters. The van der Waals surface area contributed by atoms with E-state index in [1.54, 1.807) is 23.7 Å². The Morgan fingerprint density at radius 2 is 1.78 bits per heavy atom. The lowest BCUT2D eigenvalue weighted by molar-refractivity contribution is 0.0928. The van der Waals surface area contributed by atoms with Gasteiger partial charge < -0.3 is 10.0 Å². The number of aliphatic hydroxyl groups is 1. The predicted octanol–water partition coefficient (Wildman–Crippen LogP) is 2.99. The van der Waals surface area contributed by atoms with Gasteiger partial charge in [-0.05, 0) is 42.5 Å². The van der Waals surface area contributed by atoms with Gasteiger partial charge in [-0.25, -0.2) is 0 Å². The van der Waals surface area contributed by atoms with Crippen molar-refractivity contribution in [3.05, 3.63) is 63.4 Å². The number of benzene rings is 1. The highest BCUT2D eigenvalue weighted by Crippen LogP contribution is 2.32. The molecule has 0 spiro atoms. The Labute approximate surface area is 140 Å². The Bertz CT molecular complexity index is 719. The molecule has 5 heteroatoms. The Kier molecular flexibility index (Phi) is 4.74. The van der Waals surface area contributed by atoms with Crippen LogP contribution in [0.5, 0.6) is 0 Å². The molecule has 1 saturated heterocycles. The summed E-state index contributed by atoms with van der Waals surface area (Å²) in [6.07, 6.45) is 1.33. The van der Waals surface area contributed by atoms with E-state index in [1.165, 1.54) is 0 Å². The van der Waals surface area contributed by atoms with Gasteiger partial charge in [0.2, 0.25) is 0 Å². The van der Waals surface area contributed by atoms with E-state index >= 15 is 0 Å². The van der Waals surface area contributed by atoms with Gasteiger partial charge in [-0.3, -0.25) is 9.36 Å². The third kappa shape index (κ3) is 3.43. The molecule has 0 saturated carbocycles. The van der Waals surface area contributed by atoms with Crippen LogP contribution in [0.1, 0.15) is 24.5 Å². The smallest absolute Gasteiger partial charge is 0.251 e. The second-order valence-corrected chi connectivity index (χ2v) is 6.54. The summed E-state index contributed by atoms with van der Waals surface area (Å²) < 4.78 is 1.68. The van der Waals surface area contributed by atoms with Crippen LogP contribution in [0.4, 0.5) is 5.82 Å². The number of aliphatic hydroxyl groups excluding tert-OH is 1. The van der Waals surface area contributed by atoms with Crippen molar-refractivity contribution in [1.82, 2.24) is 4.57 Å². The van der Waals surface area contributed by atoms with E-state index in [2.05, 4.69) is 4.90 Å². The molecular formula is C18H21ClN2O2. The highest BCUT2D eigenvalue weighted by atomic mass is 35.5. The second-order valence-electron chi connectivity index (χ2n) is 6.10. The molecule has 122 valence electrons. The van der Waals surface area contributed by atoms with Crippen molar-refractivity contribution in [2.75, 3.05) is 18.0 Å². The number of rotatable bonds is 3. The van der Waals surface area contributed by atoms with E-state index in [0.29, 0.717) is 5.02 Å². The molecule has 1 fully saturated rings. The molecule has 0 amide bonds. The van der Waals surface area contributed by atoms with E-state index in [-0.39, 0.29) is 11.5 Å². The van der Waals surface area contributed by atoms with Gasteiger partial charge in [0, 0.05) is 31.2 Å². The SMILES string of the molecule is Cn1c(N2CCC([C@@H](O)c3ccc(Cl)cc3)CC2)cccc1=O. The average molecular weight is 333 g/mol. The fraction of sp³-hybridized carbons (Fsp3) is 0.389. The van der Waals surface area contributed by atoms with E-state index in [9.17, 15) is 9.90 Å². The number of pyridine rings is 1. The first-order valence-electron chi connectivity index (χ1n) is 7.91. The van der Waals surface area contributed by atoms with Crippen molar-refractivity contribution in [3.63, 3.8) is 0 Å². The molecule has 0 unspecified atom stereocenters. The standard InChI is InChI=1S/C18H21ClN2O2/c1-20-16(3-2-4-17(20)22)21-11-9-14(10-12-21)18(23)13-5-7-15(19)8-6-13/h2-8,14,18,23H,9-12H2,1H3/t18-/m0/s1. The molecule has 1 aliphatic heterocycles. The maximum absolute atomic E-state index is 11.8. The van der Waals surface area contributed by atoms with Crippen LogP contribution in [0.2, 0.25) is 5.02 Å². The normalized spacial score (nSPS) is 17.3. The molecule has 1 N–H and O–H groups in total. The van der Waals surface area contributed by atoms with E-state index in [1.807, 2.05) is 30.3 Å². The van der Waals surface area contributed by atoms with Crippen molar-refractivity contribution >= 4 is 17.4 Å². The molecule has 4 nitrogen and oxygen atoms in total. The number of hydrogen-bond donors (Lipinski definition) is 1. The Morgan fingerprint density at radius 1 is 1.13 bits per heavy atom. The van der Waals surface area contributed by atoms with Crippen LogP contribution in [0.15, 0.2) is 47.3 Å². The molecule has 1 aliphatic rings. The maximum atomic E-state index is 11.8. The van der Waals surface area contributed by atoms with Crippen LogP contribution < -0.4 is 10.5 Å². The molecular weight excluding hydrogens is 312 g/mol. The second kappa shape index (κ2) is 6.77. The molecule has 0 radical (unpaired) electrons. The van der Waals surface area contributed by atoms with Gasteiger partial charge >= 0.3 is 0 Å².